The highest BCUT2D eigenvalue weighted by molar-refractivity contribution is 5.85. The second-order valence-corrected chi connectivity index (χ2v) is 3.46. The van der Waals surface area contributed by atoms with E-state index >= 15 is 0 Å². The Balaban J connectivity index is 0.00000128. The quantitative estimate of drug-likeness (QED) is 0.793. The van der Waals surface area contributed by atoms with Crippen LogP contribution < -0.4 is 5.32 Å². The third-order valence-electron chi connectivity index (χ3n) is 2.55. The average Bonchev–Trinajstić information content (AvgIpc) is 2.23. The lowest BCUT2D eigenvalue weighted by atomic mass is 9.95. The molecule has 1 heterocycles. The van der Waals surface area contributed by atoms with E-state index in [9.17, 15) is 13.6 Å². The second kappa shape index (κ2) is 4.76. The Hall–Kier alpha value is -1.20. The van der Waals surface area contributed by atoms with Crippen LogP contribution in [-0.4, -0.2) is 17.1 Å². The third-order valence-corrected chi connectivity index (χ3v) is 2.55. The van der Waals surface area contributed by atoms with Crippen LogP contribution in [0.25, 0.3) is 0 Å². The normalized spacial score (nSPS) is 18.5. The molecule has 88 valence electrons. The molecule has 0 radical (unpaired) electrons. The van der Waals surface area contributed by atoms with Gasteiger partial charge in [-0.3, -0.25) is 10.1 Å². The van der Waals surface area contributed by atoms with Gasteiger partial charge in [0.1, 0.15) is 17.7 Å². The van der Waals surface area contributed by atoms with Crippen molar-refractivity contribution in [3.05, 3.63) is 34.9 Å². The highest BCUT2D eigenvalue weighted by atomic mass is 35.5. The number of aliphatic carboxylic acids is 1. The Labute approximate surface area is 96.9 Å². The molecule has 0 fully saturated rings. The van der Waals surface area contributed by atoms with E-state index in [0.29, 0.717) is 0 Å². The fourth-order valence-electron chi connectivity index (χ4n) is 1.72. The third kappa shape index (κ3) is 2.15. The highest BCUT2D eigenvalue weighted by Crippen LogP contribution is 2.22. The van der Waals surface area contributed by atoms with E-state index in [0.717, 1.165) is 12.1 Å². The summed E-state index contributed by atoms with van der Waals surface area (Å²) in [4.78, 5) is 10.7. The number of fused-ring (bicyclic) bond motifs is 1. The molecular formula is C10H10ClF2NO2. The summed E-state index contributed by atoms with van der Waals surface area (Å²) in [5.41, 5.74) is 0.397. The van der Waals surface area contributed by atoms with Crippen molar-refractivity contribution in [2.45, 2.75) is 19.0 Å². The van der Waals surface area contributed by atoms with E-state index in [2.05, 4.69) is 5.32 Å². The molecule has 0 spiro atoms. The minimum atomic E-state index is -1.05. The molecule has 2 rings (SSSR count). The van der Waals surface area contributed by atoms with Gasteiger partial charge in [0.15, 0.2) is 0 Å². The molecule has 1 unspecified atom stereocenters. The lowest BCUT2D eigenvalue weighted by Crippen LogP contribution is -2.42. The number of halogens is 3. The maximum Gasteiger partial charge on any atom is 0.321 e. The largest absolute Gasteiger partial charge is 0.480 e. The van der Waals surface area contributed by atoms with Crippen LogP contribution in [0.1, 0.15) is 11.1 Å². The van der Waals surface area contributed by atoms with Gasteiger partial charge in [-0.15, -0.1) is 12.4 Å². The zero-order valence-electron chi connectivity index (χ0n) is 8.17. The van der Waals surface area contributed by atoms with E-state index < -0.39 is 23.6 Å². The van der Waals surface area contributed by atoms with Gasteiger partial charge < -0.3 is 5.11 Å². The molecule has 1 aliphatic heterocycles. The molecule has 16 heavy (non-hydrogen) atoms. The first-order valence-corrected chi connectivity index (χ1v) is 4.51. The highest BCUT2D eigenvalue weighted by Gasteiger charge is 2.27. The molecule has 0 saturated carbocycles. The van der Waals surface area contributed by atoms with E-state index in [1.165, 1.54) is 0 Å². The first kappa shape index (κ1) is 12.9. The van der Waals surface area contributed by atoms with Gasteiger partial charge in [-0.05, 0) is 17.7 Å². The molecule has 1 aliphatic rings. The number of nitrogens with one attached hydrogen (secondary N) is 1. The van der Waals surface area contributed by atoms with Crippen molar-refractivity contribution in [2.24, 2.45) is 0 Å². The standard InChI is InChI=1S/C10H9F2NO2.ClH/c11-7-1-2-8(12)6-4-13-9(10(14)15)3-5(6)7;/h1-2,9,13H,3-4H2,(H,14,15);1H. The number of rotatable bonds is 1. The molecule has 0 amide bonds. The van der Waals surface area contributed by atoms with Crippen LogP contribution in [0, 0.1) is 11.6 Å². The number of benzene rings is 1. The predicted molar refractivity (Wildman–Crippen MR) is 55.6 cm³/mol. The molecular weight excluding hydrogens is 240 g/mol. The minimum Gasteiger partial charge on any atom is -0.480 e. The van der Waals surface area contributed by atoms with Crippen LogP contribution in [0.5, 0.6) is 0 Å². The summed E-state index contributed by atoms with van der Waals surface area (Å²) in [6.07, 6.45) is -0.0196. The van der Waals surface area contributed by atoms with Gasteiger partial charge in [-0.1, -0.05) is 0 Å². The zero-order valence-corrected chi connectivity index (χ0v) is 8.98. The van der Waals surface area contributed by atoms with Crippen molar-refractivity contribution in [1.29, 1.82) is 0 Å². The van der Waals surface area contributed by atoms with Gasteiger partial charge in [0.25, 0.3) is 0 Å². The molecule has 2 N–H and O–H groups in total. The van der Waals surface area contributed by atoms with Crippen molar-refractivity contribution >= 4 is 18.4 Å². The second-order valence-electron chi connectivity index (χ2n) is 3.46. The fraction of sp³-hybridized carbons (Fsp3) is 0.300. The van der Waals surface area contributed by atoms with Crippen molar-refractivity contribution in [2.75, 3.05) is 0 Å². The molecule has 0 bridgehead atoms. The van der Waals surface area contributed by atoms with Gasteiger partial charge in [0, 0.05) is 18.5 Å². The predicted octanol–water partition coefficient (Wildman–Crippen LogP) is 1.49. The summed E-state index contributed by atoms with van der Waals surface area (Å²) >= 11 is 0. The molecule has 1 aromatic carbocycles. The van der Waals surface area contributed by atoms with Gasteiger partial charge >= 0.3 is 5.97 Å². The van der Waals surface area contributed by atoms with Crippen LogP contribution in [0.15, 0.2) is 12.1 Å². The Bertz CT molecular complexity index is 426. The summed E-state index contributed by atoms with van der Waals surface area (Å²) in [7, 11) is 0. The smallest absolute Gasteiger partial charge is 0.321 e. The molecule has 1 aromatic rings. The maximum atomic E-state index is 13.3. The molecule has 3 nitrogen and oxygen atoms in total. The van der Waals surface area contributed by atoms with Gasteiger partial charge in [-0.25, -0.2) is 8.78 Å². The van der Waals surface area contributed by atoms with Crippen LogP contribution in [-0.2, 0) is 17.8 Å². The Kier molecular flexibility index (Phi) is 3.83. The first-order chi connectivity index (χ1) is 7.09. The topological polar surface area (TPSA) is 49.3 Å². The SMILES string of the molecule is Cl.O=C(O)C1Cc2c(F)ccc(F)c2CN1. The molecule has 0 aliphatic carbocycles. The fourth-order valence-corrected chi connectivity index (χ4v) is 1.72. The average molecular weight is 250 g/mol. The van der Waals surface area contributed by atoms with Crippen molar-refractivity contribution in [1.82, 2.24) is 5.32 Å². The van der Waals surface area contributed by atoms with Crippen molar-refractivity contribution in [3.63, 3.8) is 0 Å². The van der Waals surface area contributed by atoms with Gasteiger partial charge in [-0.2, -0.15) is 0 Å². The van der Waals surface area contributed by atoms with Gasteiger partial charge in [0.05, 0.1) is 0 Å². The van der Waals surface area contributed by atoms with Crippen LogP contribution in [0.3, 0.4) is 0 Å². The molecule has 0 saturated heterocycles. The van der Waals surface area contributed by atoms with Crippen LogP contribution >= 0.6 is 12.4 Å². The summed E-state index contributed by atoms with van der Waals surface area (Å²) in [6.45, 7) is 0.0515. The lowest BCUT2D eigenvalue weighted by molar-refractivity contribution is -0.139. The number of carboxylic acid groups (broad SMARTS) is 1. The number of hydrogen-bond donors (Lipinski definition) is 2. The molecule has 6 heteroatoms. The number of hydrogen-bond acceptors (Lipinski definition) is 2. The van der Waals surface area contributed by atoms with Gasteiger partial charge in [0.2, 0.25) is 0 Å². The summed E-state index contributed by atoms with van der Waals surface area (Å²) in [5.74, 6) is -2.09. The van der Waals surface area contributed by atoms with E-state index in [1.54, 1.807) is 0 Å². The minimum absolute atomic E-state index is 0. The summed E-state index contributed by atoms with van der Waals surface area (Å²) < 4.78 is 26.5. The van der Waals surface area contributed by atoms with Crippen LogP contribution in [0.4, 0.5) is 8.78 Å². The first-order valence-electron chi connectivity index (χ1n) is 4.51. The monoisotopic (exact) mass is 249 g/mol. The number of carbonyl (C=O) groups is 1. The lowest BCUT2D eigenvalue weighted by Gasteiger charge is -2.23. The van der Waals surface area contributed by atoms with Crippen LogP contribution in [0.2, 0.25) is 0 Å². The Morgan fingerprint density at radius 3 is 2.44 bits per heavy atom. The number of carboxylic acids is 1. The molecule has 0 aromatic heterocycles. The summed E-state index contributed by atoms with van der Waals surface area (Å²) in [6, 6.07) is 1.24. The summed E-state index contributed by atoms with van der Waals surface area (Å²) in [5, 5.41) is 11.4. The Morgan fingerprint density at radius 2 is 1.88 bits per heavy atom. The van der Waals surface area contributed by atoms with E-state index in [4.69, 9.17) is 5.11 Å². The van der Waals surface area contributed by atoms with Crippen molar-refractivity contribution < 1.29 is 18.7 Å². The van der Waals surface area contributed by atoms with E-state index in [1.807, 2.05) is 0 Å². The zero-order chi connectivity index (χ0) is 11.0. The molecule has 1 atom stereocenters. The Morgan fingerprint density at radius 1 is 1.31 bits per heavy atom. The maximum absolute atomic E-state index is 13.3. The van der Waals surface area contributed by atoms with E-state index in [-0.39, 0.29) is 36.5 Å². The van der Waals surface area contributed by atoms with Crippen molar-refractivity contribution in [3.8, 4) is 0 Å².